The minimum atomic E-state index is -4.72. The lowest BCUT2D eigenvalue weighted by molar-refractivity contribution is -0.151. The fraction of sp³-hybridized carbons (Fsp3) is 0.636. The summed E-state index contributed by atoms with van der Waals surface area (Å²) in [5.41, 5.74) is 0.354. The zero-order valence-electron chi connectivity index (χ0n) is 19.3. The fourth-order valence-electron chi connectivity index (χ4n) is 2.48. The van der Waals surface area contributed by atoms with Crippen LogP contribution in [0.2, 0.25) is 0 Å². The maximum Gasteiger partial charge on any atom is 0.407 e. The Kier molecular flexibility index (Phi) is 9.52. The number of nitrogens with one attached hydrogen (secondary N) is 2. The number of aliphatic hydroxyl groups excluding tert-OH is 1. The number of alkyl halides is 3. The summed E-state index contributed by atoms with van der Waals surface area (Å²) in [7, 11) is 0. The Morgan fingerprint density at radius 1 is 0.969 bits per heavy atom. The molecular weight excluding hydrogens is 429 g/mol. The van der Waals surface area contributed by atoms with Gasteiger partial charge in [0.2, 0.25) is 0 Å². The lowest BCUT2D eigenvalue weighted by Gasteiger charge is -2.26. The molecule has 1 aromatic carbocycles. The molecule has 0 aliphatic rings. The first-order chi connectivity index (χ1) is 14.5. The van der Waals surface area contributed by atoms with Crippen molar-refractivity contribution in [2.75, 3.05) is 0 Å². The smallest absolute Gasteiger partial charge is 0.407 e. The van der Waals surface area contributed by atoms with Crippen LogP contribution in [0.15, 0.2) is 24.3 Å². The van der Waals surface area contributed by atoms with E-state index in [1.54, 1.807) is 24.3 Å². The zero-order valence-corrected chi connectivity index (χ0v) is 19.3. The number of hydrogen-bond acceptors (Lipinski definition) is 5. The summed E-state index contributed by atoms with van der Waals surface area (Å²) in [5, 5.41) is 14.5. The highest BCUT2D eigenvalue weighted by atomic mass is 19.4. The van der Waals surface area contributed by atoms with Crippen LogP contribution < -0.4 is 10.6 Å². The van der Waals surface area contributed by atoms with E-state index in [2.05, 4.69) is 5.32 Å². The Hall–Kier alpha value is -2.33. The Morgan fingerprint density at radius 3 is 1.97 bits per heavy atom. The molecule has 0 spiro atoms. The summed E-state index contributed by atoms with van der Waals surface area (Å²) in [6.45, 7) is 10.8. The molecule has 0 bridgehead atoms. The van der Waals surface area contributed by atoms with Gasteiger partial charge in [-0.2, -0.15) is 13.2 Å². The molecule has 32 heavy (non-hydrogen) atoms. The van der Waals surface area contributed by atoms with Gasteiger partial charge in [0.15, 0.2) is 6.10 Å². The molecule has 2 atom stereocenters. The van der Waals surface area contributed by atoms with E-state index in [-0.39, 0.29) is 12.1 Å². The third kappa shape index (κ3) is 11.9. The normalized spacial score (nSPS) is 14.4. The first kappa shape index (κ1) is 27.7. The third-order valence-corrected chi connectivity index (χ3v) is 3.96. The summed E-state index contributed by atoms with van der Waals surface area (Å²) in [6.07, 6.45) is -9.59. The van der Waals surface area contributed by atoms with Crippen molar-refractivity contribution in [2.24, 2.45) is 0 Å². The first-order valence-electron chi connectivity index (χ1n) is 10.2. The third-order valence-electron chi connectivity index (χ3n) is 3.96. The molecule has 0 aliphatic carbocycles. The second-order valence-electron chi connectivity index (χ2n) is 9.45. The summed E-state index contributed by atoms with van der Waals surface area (Å²) >= 11 is 0. The average molecular weight is 463 g/mol. The summed E-state index contributed by atoms with van der Waals surface area (Å²) in [4.78, 5) is 24.1. The number of halogens is 3. The van der Waals surface area contributed by atoms with Crippen molar-refractivity contribution in [1.82, 2.24) is 10.6 Å². The minimum absolute atomic E-state index is 0.0124. The number of amides is 2. The van der Waals surface area contributed by atoms with Gasteiger partial charge < -0.3 is 25.2 Å². The van der Waals surface area contributed by atoms with E-state index < -0.39 is 42.3 Å². The van der Waals surface area contributed by atoms with Crippen molar-refractivity contribution in [1.29, 1.82) is 0 Å². The fourth-order valence-corrected chi connectivity index (χ4v) is 2.48. The second-order valence-corrected chi connectivity index (χ2v) is 9.45. The highest BCUT2D eigenvalue weighted by molar-refractivity contribution is 5.82. The van der Waals surface area contributed by atoms with Crippen LogP contribution in [0.4, 0.5) is 18.0 Å². The summed E-state index contributed by atoms with van der Waals surface area (Å²) in [6, 6.07) is 5.18. The number of alkyl carbamates (subject to hydrolysis) is 1. The van der Waals surface area contributed by atoms with Crippen LogP contribution >= 0.6 is 0 Å². The predicted molar refractivity (Wildman–Crippen MR) is 113 cm³/mol. The van der Waals surface area contributed by atoms with Crippen LogP contribution in [0.25, 0.3) is 0 Å². The van der Waals surface area contributed by atoms with Crippen LogP contribution in [0.3, 0.4) is 0 Å². The van der Waals surface area contributed by atoms with Crippen molar-refractivity contribution in [3.63, 3.8) is 0 Å². The minimum Gasteiger partial charge on any atom is -0.444 e. The second kappa shape index (κ2) is 11.0. The van der Waals surface area contributed by atoms with Gasteiger partial charge in [0, 0.05) is 6.54 Å². The van der Waals surface area contributed by atoms with Gasteiger partial charge in [-0.1, -0.05) is 24.3 Å². The molecule has 2 amide bonds. The van der Waals surface area contributed by atoms with E-state index in [1.807, 2.05) is 26.1 Å². The van der Waals surface area contributed by atoms with Crippen LogP contribution in [0.1, 0.15) is 59.1 Å². The molecule has 0 radical (unpaired) electrons. The maximum atomic E-state index is 12.9. The number of hydrogen-bond donors (Lipinski definition) is 3. The van der Waals surface area contributed by atoms with Gasteiger partial charge >= 0.3 is 12.3 Å². The Morgan fingerprint density at radius 2 is 1.50 bits per heavy atom. The molecule has 0 aromatic heterocycles. The molecule has 1 rings (SSSR count). The van der Waals surface area contributed by atoms with Crippen molar-refractivity contribution in [2.45, 2.75) is 90.6 Å². The Balaban J connectivity index is 2.71. The number of carbonyl (C=O) groups excluding carboxylic acids is 2. The Bertz CT molecular complexity index is 753. The van der Waals surface area contributed by atoms with Gasteiger partial charge in [0.1, 0.15) is 5.60 Å². The van der Waals surface area contributed by atoms with Gasteiger partial charge in [-0.3, -0.25) is 4.79 Å². The molecular formula is C22H33F3N2O5. The molecule has 3 N–H and O–H groups in total. The van der Waals surface area contributed by atoms with E-state index in [0.717, 1.165) is 5.56 Å². The molecule has 7 nitrogen and oxygen atoms in total. The number of ether oxygens (including phenoxy) is 2. The lowest BCUT2D eigenvalue weighted by atomic mass is 10.1. The maximum absolute atomic E-state index is 12.9. The standard InChI is InChI=1S/C22H33F3N2O5/c1-20(2,3)31-13-15-9-7-14(8-10-15)12-26-18(29)17(28)16(11-22(23,24)25)27-19(30)32-21(4,5)6/h7-10,16-17,28H,11-13H2,1-6H3,(H,26,29)(H,27,30). The zero-order chi connectivity index (χ0) is 24.7. The van der Waals surface area contributed by atoms with E-state index >= 15 is 0 Å². The molecule has 0 fully saturated rings. The number of rotatable bonds is 8. The molecule has 0 aliphatic heterocycles. The van der Waals surface area contributed by atoms with Crippen LogP contribution in [-0.2, 0) is 27.4 Å². The summed E-state index contributed by atoms with van der Waals surface area (Å²) < 4.78 is 49.3. The lowest BCUT2D eigenvalue weighted by Crippen LogP contribution is -2.53. The van der Waals surface area contributed by atoms with Crippen molar-refractivity contribution in [3.05, 3.63) is 35.4 Å². The van der Waals surface area contributed by atoms with E-state index in [4.69, 9.17) is 9.47 Å². The van der Waals surface area contributed by atoms with Crippen molar-refractivity contribution < 1.29 is 37.3 Å². The van der Waals surface area contributed by atoms with E-state index in [9.17, 15) is 27.9 Å². The first-order valence-corrected chi connectivity index (χ1v) is 10.2. The number of benzene rings is 1. The van der Waals surface area contributed by atoms with Gasteiger partial charge in [0.25, 0.3) is 5.91 Å². The topological polar surface area (TPSA) is 96.9 Å². The van der Waals surface area contributed by atoms with E-state index in [1.165, 1.54) is 20.8 Å². The van der Waals surface area contributed by atoms with Crippen molar-refractivity contribution in [3.8, 4) is 0 Å². The molecule has 2 unspecified atom stereocenters. The average Bonchev–Trinajstić information content (AvgIpc) is 2.60. The predicted octanol–water partition coefficient (Wildman–Crippen LogP) is 3.82. The van der Waals surface area contributed by atoms with Gasteiger partial charge in [-0.15, -0.1) is 0 Å². The SMILES string of the molecule is CC(C)(C)OCc1ccc(CNC(=O)C(O)C(CC(F)(F)F)NC(=O)OC(C)(C)C)cc1. The molecule has 1 aromatic rings. The molecule has 0 heterocycles. The molecule has 182 valence electrons. The summed E-state index contributed by atoms with van der Waals surface area (Å²) in [5.74, 6) is -1.05. The van der Waals surface area contributed by atoms with Gasteiger partial charge in [0.05, 0.1) is 24.7 Å². The van der Waals surface area contributed by atoms with Crippen molar-refractivity contribution >= 4 is 12.0 Å². The number of aliphatic hydroxyl groups is 1. The monoisotopic (exact) mass is 462 g/mol. The van der Waals surface area contributed by atoms with E-state index in [0.29, 0.717) is 12.2 Å². The highest BCUT2D eigenvalue weighted by Crippen LogP contribution is 2.23. The van der Waals surface area contributed by atoms with Crippen LogP contribution in [-0.4, -0.2) is 46.6 Å². The van der Waals surface area contributed by atoms with Crippen LogP contribution in [0, 0.1) is 0 Å². The van der Waals surface area contributed by atoms with Crippen LogP contribution in [0.5, 0.6) is 0 Å². The van der Waals surface area contributed by atoms with Gasteiger partial charge in [-0.05, 0) is 52.7 Å². The quantitative estimate of drug-likeness (QED) is 0.546. The Labute approximate surface area is 186 Å². The largest absolute Gasteiger partial charge is 0.444 e. The number of carbonyl (C=O) groups is 2. The van der Waals surface area contributed by atoms with Gasteiger partial charge in [-0.25, -0.2) is 4.79 Å². The molecule has 0 saturated heterocycles. The molecule has 10 heteroatoms. The highest BCUT2D eigenvalue weighted by Gasteiger charge is 2.39. The molecule has 0 saturated carbocycles.